The van der Waals surface area contributed by atoms with Crippen LogP contribution in [-0.2, 0) is 14.4 Å². The number of likely N-dealkylation sites (tertiary alicyclic amines) is 1. The third-order valence-electron chi connectivity index (χ3n) is 6.65. The monoisotopic (exact) mass is 530 g/mol. The largest absolute Gasteiger partial charge is 0.280 e. The first kappa shape index (κ1) is 19.9. The van der Waals surface area contributed by atoms with Crippen molar-refractivity contribution in [3.63, 3.8) is 0 Å². The summed E-state index contributed by atoms with van der Waals surface area (Å²) in [4.78, 5) is 42.8. The summed E-state index contributed by atoms with van der Waals surface area (Å²) in [7, 11) is 0. The van der Waals surface area contributed by atoms with Crippen LogP contribution in [0.3, 0.4) is 0 Å². The summed E-state index contributed by atoms with van der Waals surface area (Å²) in [5, 5.41) is 0. The Kier molecular flexibility index (Phi) is 5.06. The van der Waals surface area contributed by atoms with Crippen LogP contribution in [0.4, 0.5) is 11.4 Å². The lowest BCUT2D eigenvalue weighted by molar-refractivity contribution is -0.143. The second kappa shape index (κ2) is 7.61. The van der Waals surface area contributed by atoms with Crippen molar-refractivity contribution in [3.8, 4) is 0 Å². The summed E-state index contributed by atoms with van der Waals surface area (Å²) < 4.78 is 0. The number of benzene rings is 2. The van der Waals surface area contributed by atoms with Gasteiger partial charge in [0.25, 0.3) is 5.91 Å². The molecule has 7 heteroatoms. The Morgan fingerprint density at radius 3 is 1.70 bits per heavy atom. The van der Waals surface area contributed by atoms with Crippen LogP contribution < -0.4 is 4.90 Å². The number of carbonyl (C=O) groups excluding carboxylic acids is 3. The number of para-hydroxylation sites is 2. The van der Waals surface area contributed by atoms with E-state index in [1.165, 1.54) is 4.90 Å². The molecule has 5 nitrogen and oxygen atoms in total. The average Bonchev–Trinajstić information content (AvgIpc) is 3.36. The summed E-state index contributed by atoms with van der Waals surface area (Å²) in [6.07, 6.45) is 0.876. The maximum atomic E-state index is 13.4. The molecule has 0 unspecified atom stereocenters. The van der Waals surface area contributed by atoms with Crippen LogP contribution in [0.25, 0.3) is 0 Å². The summed E-state index contributed by atoms with van der Waals surface area (Å²) in [6.45, 7) is -0.242. The van der Waals surface area contributed by atoms with Gasteiger partial charge in [-0.15, -0.1) is 0 Å². The number of imide groups is 1. The van der Waals surface area contributed by atoms with Gasteiger partial charge in [-0.1, -0.05) is 68.3 Å². The van der Waals surface area contributed by atoms with E-state index in [0.29, 0.717) is 11.4 Å². The smallest absolute Gasteiger partial charge is 0.251 e. The molecule has 0 radical (unpaired) electrons. The maximum absolute atomic E-state index is 13.4. The predicted octanol–water partition coefficient (Wildman–Crippen LogP) is 4.13. The van der Waals surface area contributed by atoms with E-state index < -0.39 is 0 Å². The highest BCUT2D eigenvalue weighted by Crippen LogP contribution is 2.60. The summed E-state index contributed by atoms with van der Waals surface area (Å²) in [6, 6.07) is 18.6. The number of nitrogens with zero attached hydrogens (tertiary/aromatic N) is 2. The SMILES string of the molecule is O=C1[C@@H]2[C@H]3C[C@@H]([C@H](Br)[C@H]3Br)[C@H]2C(=O)N1CC(=O)N(c1ccccc1)c1ccccc1. The Hall–Kier alpha value is -1.99. The number of amides is 3. The lowest BCUT2D eigenvalue weighted by Gasteiger charge is -2.28. The molecule has 6 atom stereocenters. The number of fused-ring (bicyclic) bond motifs is 5. The second-order valence-corrected chi connectivity index (χ2v) is 10.3. The van der Waals surface area contributed by atoms with E-state index in [-0.39, 0.29) is 57.6 Å². The van der Waals surface area contributed by atoms with Gasteiger partial charge in [0.15, 0.2) is 0 Å². The van der Waals surface area contributed by atoms with E-state index in [1.54, 1.807) is 4.90 Å². The Bertz CT molecular complexity index is 929. The van der Waals surface area contributed by atoms with Crippen LogP contribution in [-0.4, -0.2) is 38.8 Å². The van der Waals surface area contributed by atoms with Crippen LogP contribution in [0.5, 0.6) is 0 Å². The highest BCUT2D eigenvalue weighted by atomic mass is 79.9. The minimum atomic E-state index is -0.310. The van der Waals surface area contributed by atoms with E-state index in [1.807, 2.05) is 60.7 Å². The highest BCUT2D eigenvalue weighted by molar-refractivity contribution is 9.12. The first-order valence-electron chi connectivity index (χ1n) is 10.1. The third-order valence-corrected chi connectivity index (χ3v) is 9.86. The second-order valence-electron chi connectivity index (χ2n) is 8.17. The summed E-state index contributed by atoms with van der Waals surface area (Å²) >= 11 is 7.39. The fraction of sp³-hybridized carbons (Fsp3) is 0.348. The number of anilines is 2. The van der Waals surface area contributed by atoms with Crippen molar-refractivity contribution >= 4 is 61.0 Å². The molecule has 30 heavy (non-hydrogen) atoms. The van der Waals surface area contributed by atoms with Gasteiger partial charge in [0.05, 0.1) is 11.8 Å². The van der Waals surface area contributed by atoms with Crippen LogP contribution in [0.1, 0.15) is 6.42 Å². The predicted molar refractivity (Wildman–Crippen MR) is 121 cm³/mol. The molecule has 2 bridgehead atoms. The van der Waals surface area contributed by atoms with Gasteiger partial charge in [0.2, 0.25) is 11.8 Å². The number of halogens is 2. The zero-order valence-corrected chi connectivity index (χ0v) is 19.2. The topological polar surface area (TPSA) is 57.7 Å². The van der Waals surface area contributed by atoms with Crippen molar-refractivity contribution in [2.75, 3.05) is 11.4 Å². The van der Waals surface area contributed by atoms with Crippen molar-refractivity contribution < 1.29 is 14.4 Å². The lowest BCUT2D eigenvalue weighted by atomic mass is 9.81. The van der Waals surface area contributed by atoms with E-state index >= 15 is 0 Å². The fourth-order valence-electron chi connectivity index (χ4n) is 5.36. The van der Waals surface area contributed by atoms with Crippen LogP contribution in [0.15, 0.2) is 60.7 Å². The van der Waals surface area contributed by atoms with Gasteiger partial charge >= 0.3 is 0 Å². The zero-order valence-electron chi connectivity index (χ0n) is 16.0. The highest BCUT2D eigenvalue weighted by Gasteiger charge is 2.66. The van der Waals surface area contributed by atoms with E-state index in [4.69, 9.17) is 0 Å². The van der Waals surface area contributed by atoms with Gasteiger partial charge in [-0.2, -0.15) is 0 Å². The van der Waals surface area contributed by atoms with E-state index in [9.17, 15) is 14.4 Å². The van der Waals surface area contributed by atoms with Crippen molar-refractivity contribution in [2.45, 2.75) is 16.1 Å². The molecule has 2 aromatic rings. The Labute approximate surface area is 191 Å². The van der Waals surface area contributed by atoms with Gasteiger partial charge < -0.3 is 0 Å². The Balaban J connectivity index is 1.43. The first-order chi connectivity index (χ1) is 14.5. The number of hydrogen-bond donors (Lipinski definition) is 0. The molecule has 1 saturated heterocycles. The van der Waals surface area contributed by atoms with Crippen molar-refractivity contribution in [1.29, 1.82) is 0 Å². The molecular weight excluding hydrogens is 512 g/mol. The zero-order chi connectivity index (χ0) is 21.0. The molecule has 154 valence electrons. The average molecular weight is 532 g/mol. The maximum Gasteiger partial charge on any atom is 0.251 e. The van der Waals surface area contributed by atoms with Gasteiger partial charge in [0.1, 0.15) is 6.54 Å². The van der Waals surface area contributed by atoms with Gasteiger partial charge in [0, 0.05) is 21.0 Å². The lowest BCUT2D eigenvalue weighted by Crippen LogP contribution is -2.42. The molecule has 2 aromatic carbocycles. The van der Waals surface area contributed by atoms with Crippen molar-refractivity contribution in [2.24, 2.45) is 23.7 Å². The van der Waals surface area contributed by atoms with Gasteiger partial charge in [-0.05, 0) is 42.5 Å². The summed E-state index contributed by atoms with van der Waals surface area (Å²) in [5.41, 5.74) is 1.41. The van der Waals surface area contributed by atoms with Gasteiger partial charge in [-0.25, -0.2) is 0 Å². The minimum Gasteiger partial charge on any atom is -0.280 e. The quantitative estimate of drug-likeness (QED) is 0.440. The Morgan fingerprint density at radius 1 is 0.833 bits per heavy atom. The molecule has 2 saturated carbocycles. The van der Waals surface area contributed by atoms with Crippen LogP contribution in [0.2, 0.25) is 0 Å². The first-order valence-corrected chi connectivity index (χ1v) is 11.9. The molecule has 5 rings (SSSR count). The normalized spacial score (nSPS) is 31.9. The molecule has 0 spiro atoms. The molecule has 3 fully saturated rings. The van der Waals surface area contributed by atoms with Crippen LogP contribution in [0, 0.1) is 23.7 Å². The standard InChI is InChI=1S/C23H20Br2N2O3/c24-20-15-11-16(21(20)25)19-18(15)22(29)26(23(19)30)12-17(28)27(13-7-3-1-4-8-13)14-9-5-2-6-10-14/h1-10,15-16,18-21H,11-12H2/t15-,16-,18-,19-,20+,21+/m1/s1. The number of alkyl halides is 2. The molecular formula is C23H20Br2N2O3. The fourth-order valence-corrected chi connectivity index (χ4v) is 7.24. The van der Waals surface area contributed by atoms with E-state index in [0.717, 1.165) is 6.42 Å². The molecule has 2 aliphatic carbocycles. The van der Waals surface area contributed by atoms with Crippen molar-refractivity contribution in [1.82, 2.24) is 4.90 Å². The number of hydrogen-bond acceptors (Lipinski definition) is 3. The Morgan fingerprint density at radius 2 is 1.27 bits per heavy atom. The van der Waals surface area contributed by atoms with E-state index in [2.05, 4.69) is 31.9 Å². The van der Waals surface area contributed by atoms with Gasteiger partial charge in [-0.3, -0.25) is 24.2 Å². The molecule has 1 aliphatic heterocycles. The van der Waals surface area contributed by atoms with Crippen LogP contribution >= 0.6 is 31.9 Å². The molecule has 1 heterocycles. The number of carbonyl (C=O) groups is 3. The minimum absolute atomic E-state index is 0.139. The molecule has 3 aliphatic rings. The van der Waals surface area contributed by atoms with Crippen molar-refractivity contribution in [3.05, 3.63) is 60.7 Å². The molecule has 0 aromatic heterocycles. The third kappa shape index (κ3) is 2.97. The summed E-state index contributed by atoms with van der Waals surface area (Å²) in [5.74, 6) is -1.04. The molecule has 3 amide bonds. The molecule has 0 N–H and O–H groups in total. The number of rotatable bonds is 4.